The normalized spacial score (nSPS) is 22.6. The van der Waals surface area contributed by atoms with Crippen LogP contribution in [-0.2, 0) is 11.2 Å². The third kappa shape index (κ3) is 4.74. The Morgan fingerprint density at radius 2 is 2.37 bits per heavy atom. The molecular weight excluding hydrogens is 348 g/mol. The van der Waals surface area contributed by atoms with E-state index in [0.717, 1.165) is 42.7 Å². The molecule has 2 rings (SSSR count). The smallest absolute Gasteiger partial charge is 0.227 e. The maximum Gasteiger partial charge on any atom is 0.227 e. The molecule has 0 aliphatic carbocycles. The van der Waals surface area contributed by atoms with Crippen molar-refractivity contribution in [3.63, 3.8) is 0 Å². The summed E-state index contributed by atoms with van der Waals surface area (Å²) in [6.45, 7) is 4.60. The van der Waals surface area contributed by atoms with Crippen LogP contribution in [0.2, 0.25) is 0 Å². The number of hydrogen-bond donors (Lipinski definition) is 2. The van der Waals surface area contributed by atoms with Crippen molar-refractivity contribution in [1.29, 1.82) is 0 Å². The molecule has 0 saturated carbocycles. The first kappa shape index (κ1) is 17.0. The molecular formula is C13H20BrClN2OS. The first-order chi connectivity index (χ1) is 8.60. The zero-order chi connectivity index (χ0) is 13.0. The van der Waals surface area contributed by atoms with Crippen molar-refractivity contribution in [2.75, 3.05) is 19.6 Å². The minimum absolute atomic E-state index is 0. The number of piperidine rings is 1. The van der Waals surface area contributed by atoms with Gasteiger partial charge in [0.15, 0.2) is 0 Å². The minimum atomic E-state index is -0.228. The number of rotatable bonds is 4. The molecule has 2 heterocycles. The molecule has 1 amide bonds. The van der Waals surface area contributed by atoms with E-state index in [4.69, 9.17) is 0 Å². The second-order valence-corrected chi connectivity index (χ2v) is 7.60. The Morgan fingerprint density at radius 1 is 1.58 bits per heavy atom. The number of carbonyl (C=O) groups is 1. The third-order valence-electron chi connectivity index (χ3n) is 3.43. The zero-order valence-electron chi connectivity index (χ0n) is 11.0. The summed E-state index contributed by atoms with van der Waals surface area (Å²) >= 11 is 5.17. The van der Waals surface area contributed by atoms with E-state index in [1.165, 1.54) is 4.88 Å². The predicted octanol–water partition coefficient (Wildman–Crippen LogP) is 2.98. The van der Waals surface area contributed by atoms with Crippen LogP contribution in [0.1, 0.15) is 24.6 Å². The lowest BCUT2D eigenvalue weighted by molar-refractivity contribution is -0.131. The fourth-order valence-electron chi connectivity index (χ4n) is 2.25. The first-order valence-corrected chi connectivity index (χ1v) is 7.94. The molecule has 0 radical (unpaired) electrons. The van der Waals surface area contributed by atoms with Crippen LogP contribution in [0.15, 0.2) is 15.9 Å². The molecule has 1 unspecified atom stereocenters. The van der Waals surface area contributed by atoms with Crippen LogP contribution in [0.25, 0.3) is 0 Å². The summed E-state index contributed by atoms with van der Waals surface area (Å²) in [5.41, 5.74) is -0.228. The zero-order valence-corrected chi connectivity index (χ0v) is 14.2. The van der Waals surface area contributed by atoms with E-state index in [1.54, 1.807) is 11.3 Å². The molecule has 108 valence electrons. The predicted molar refractivity (Wildman–Crippen MR) is 86.2 cm³/mol. The molecule has 0 bridgehead atoms. The molecule has 6 heteroatoms. The largest absolute Gasteiger partial charge is 0.355 e. The van der Waals surface area contributed by atoms with Gasteiger partial charge in [0.1, 0.15) is 0 Å². The third-order valence-corrected chi connectivity index (χ3v) is 5.11. The Kier molecular flexibility index (Phi) is 6.80. The Balaban J connectivity index is 0.00000180. The van der Waals surface area contributed by atoms with E-state index in [9.17, 15) is 4.79 Å². The van der Waals surface area contributed by atoms with Crippen molar-refractivity contribution in [3.8, 4) is 0 Å². The Hall–Kier alpha value is -0.100. The second-order valence-electron chi connectivity index (χ2n) is 5.05. The van der Waals surface area contributed by atoms with Gasteiger partial charge in [0, 0.05) is 18.0 Å². The van der Waals surface area contributed by atoms with E-state index >= 15 is 0 Å². The number of carbonyl (C=O) groups excluding carboxylic acids is 1. The lowest BCUT2D eigenvalue weighted by Gasteiger charge is -2.32. The minimum Gasteiger partial charge on any atom is -0.355 e. The molecule has 2 N–H and O–H groups in total. The molecule has 1 fully saturated rings. The number of halogens is 2. The molecule has 1 atom stereocenters. The average molecular weight is 368 g/mol. The van der Waals surface area contributed by atoms with Gasteiger partial charge in [-0.05, 0) is 60.8 Å². The Labute approximate surface area is 133 Å². The van der Waals surface area contributed by atoms with E-state index < -0.39 is 0 Å². The molecule has 1 aliphatic heterocycles. The number of nitrogens with one attached hydrogen (secondary N) is 2. The summed E-state index contributed by atoms with van der Waals surface area (Å²) in [5, 5.41) is 6.37. The summed E-state index contributed by atoms with van der Waals surface area (Å²) in [5.74, 6) is 0.185. The van der Waals surface area contributed by atoms with Gasteiger partial charge < -0.3 is 10.6 Å². The molecule has 0 spiro atoms. The summed E-state index contributed by atoms with van der Waals surface area (Å²) in [7, 11) is 0. The SMILES string of the molecule is CC1(C(=O)NCCc2ccc(Br)s2)CCCNC1.Cl. The van der Waals surface area contributed by atoms with Gasteiger partial charge in [-0.1, -0.05) is 0 Å². The van der Waals surface area contributed by atoms with Gasteiger partial charge in [-0.3, -0.25) is 4.79 Å². The average Bonchev–Trinajstić information content (AvgIpc) is 2.76. The molecule has 1 aliphatic rings. The Morgan fingerprint density at radius 3 is 2.95 bits per heavy atom. The molecule has 1 saturated heterocycles. The van der Waals surface area contributed by atoms with Crippen molar-refractivity contribution < 1.29 is 4.79 Å². The topological polar surface area (TPSA) is 41.1 Å². The molecule has 19 heavy (non-hydrogen) atoms. The highest BCUT2D eigenvalue weighted by Crippen LogP contribution is 2.25. The van der Waals surface area contributed by atoms with Crippen molar-refractivity contribution in [3.05, 3.63) is 20.8 Å². The van der Waals surface area contributed by atoms with E-state index in [1.807, 2.05) is 6.07 Å². The van der Waals surface area contributed by atoms with Crippen LogP contribution in [-0.4, -0.2) is 25.5 Å². The van der Waals surface area contributed by atoms with Crippen molar-refractivity contribution >= 4 is 45.6 Å². The highest BCUT2D eigenvalue weighted by molar-refractivity contribution is 9.11. The maximum atomic E-state index is 12.2. The van der Waals surface area contributed by atoms with Gasteiger partial charge in [-0.25, -0.2) is 0 Å². The van der Waals surface area contributed by atoms with Gasteiger partial charge in [0.25, 0.3) is 0 Å². The summed E-state index contributed by atoms with van der Waals surface area (Å²) < 4.78 is 1.15. The summed E-state index contributed by atoms with van der Waals surface area (Å²) in [6, 6.07) is 4.15. The second kappa shape index (κ2) is 7.62. The molecule has 3 nitrogen and oxygen atoms in total. The molecule has 0 aromatic carbocycles. The highest BCUT2D eigenvalue weighted by atomic mass is 79.9. The lowest BCUT2D eigenvalue weighted by Crippen LogP contribution is -2.49. The number of amides is 1. The van der Waals surface area contributed by atoms with Crippen molar-refractivity contribution in [2.45, 2.75) is 26.2 Å². The number of hydrogen-bond acceptors (Lipinski definition) is 3. The van der Waals surface area contributed by atoms with Crippen molar-refractivity contribution in [1.82, 2.24) is 10.6 Å². The fraction of sp³-hybridized carbons (Fsp3) is 0.615. The van der Waals surface area contributed by atoms with Gasteiger partial charge in [0.05, 0.1) is 9.20 Å². The van der Waals surface area contributed by atoms with Gasteiger partial charge in [0.2, 0.25) is 5.91 Å². The van der Waals surface area contributed by atoms with E-state index in [0.29, 0.717) is 0 Å². The van der Waals surface area contributed by atoms with Crippen LogP contribution in [0, 0.1) is 5.41 Å². The summed E-state index contributed by atoms with van der Waals surface area (Å²) in [6.07, 6.45) is 2.98. The lowest BCUT2D eigenvalue weighted by atomic mass is 9.82. The van der Waals surface area contributed by atoms with Crippen LogP contribution in [0.3, 0.4) is 0 Å². The van der Waals surface area contributed by atoms with Crippen LogP contribution in [0.4, 0.5) is 0 Å². The number of thiophene rings is 1. The summed E-state index contributed by atoms with van der Waals surface area (Å²) in [4.78, 5) is 13.5. The Bertz CT molecular complexity index is 419. The van der Waals surface area contributed by atoms with Gasteiger partial charge >= 0.3 is 0 Å². The van der Waals surface area contributed by atoms with Crippen LogP contribution >= 0.6 is 39.7 Å². The monoisotopic (exact) mass is 366 g/mol. The van der Waals surface area contributed by atoms with Gasteiger partial charge in [-0.15, -0.1) is 23.7 Å². The molecule has 1 aromatic heterocycles. The standard InChI is InChI=1S/C13H19BrN2OS.ClH/c1-13(6-2-7-15-9-13)12(17)16-8-5-10-3-4-11(14)18-10;/h3-4,15H,2,5-9H2,1H3,(H,16,17);1H. The quantitative estimate of drug-likeness (QED) is 0.859. The van der Waals surface area contributed by atoms with Crippen LogP contribution < -0.4 is 10.6 Å². The molecule has 1 aromatic rings. The van der Waals surface area contributed by atoms with E-state index in [2.05, 4.69) is 39.6 Å². The van der Waals surface area contributed by atoms with Gasteiger partial charge in [-0.2, -0.15) is 0 Å². The highest BCUT2D eigenvalue weighted by Gasteiger charge is 2.34. The van der Waals surface area contributed by atoms with Crippen LogP contribution in [0.5, 0.6) is 0 Å². The van der Waals surface area contributed by atoms with Crippen molar-refractivity contribution in [2.24, 2.45) is 5.41 Å². The first-order valence-electron chi connectivity index (χ1n) is 6.33. The maximum absolute atomic E-state index is 12.2. The fourth-order valence-corrected chi connectivity index (χ4v) is 3.73. The van der Waals surface area contributed by atoms with E-state index in [-0.39, 0.29) is 23.7 Å².